The minimum Gasteiger partial charge on any atom is -0.489 e. The van der Waals surface area contributed by atoms with Crippen LogP contribution in [0.2, 0.25) is 0 Å². The lowest BCUT2D eigenvalue weighted by molar-refractivity contribution is 0.0938. The summed E-state index contributed by atoms with van der Waals surface area (Å²) >= 11 is 0. The Balaban J connectivity index is 2.08. The Morgan fingerprint density at radius 3 is 2.86 bits per heavy atom. The molecular weight excluding hydrogens is 266 g/mol. The van der Waals surface area contributed by atoms with Crippen LogP contribution < -0.4 is 10.1 Å². The highest BCUT2D eigenvalue weighted by atomic mass is 16.5. The molecule has 3 unspecified atom stereocenters. The van der Waals surface area contributed by atoms with Crippen LogP contribution >= 0.6 is 0 Å². The van der Waals surface area contributed by atoms with E-state index in [0.29, 0.717) is 30.4 Å². The number of ether oxygens (including phenoxy) is 1. The number of aliphatic hydroxyl groups is 1. The van der Waals surface area contributed by atoms with Crippen molar-refractivity contribution in [2.45, 2.75) is 45.6 Å². The summed E-state index contributed by atoms with van der Waals surface area (Å²) in [5, 5.41) is 12.0. The van der Waals surface area contributed by atoms with Crippen molar-refractivity contribution in [1.29, 1.82) is 0 Å². The fraction of sp³-hybridized carbons (Fsp3) is 0.588. The van der Waals surface area contributed by atoms with Crippen molar-refractivity contribution in [2.75, 3.05) is 13.2 Å². The highest BCUT2D eigenvalue weighted by molar-refractivity contribution is 5.97. The van der Waals surface area contributed by atoms with Crippen molar-refractivity contribution in [3.8, 4) is 5.75 Å². The van der Waals surface area contributed by atoms with Crippen LogP contribution in [0, 0.1) is 5.92 Å². The highest BCUT2D eigenvalue weighted by Crippen LogP contribution is 2.40. The molecule has 4 nitrogen and oxygen atoms in total. The van der Waals surface area contributed by atoms with Gasteiger partial charge >= 0.3 is 0 Å². The van der Waals surface area contributed by atoms with Gasteiger partial charge in [-0.1, -0.05) is 32.4 Å². The number of benzene rings is 1. The van der Waals surface area contributed by atoms with Crippen LogP contribution in [0.25, 0.3) is 0 Å². The first-order valence-corrected chi connectivity index (χ1v) is 7.77. The Morgan fingerprint density at radius 1 is 1.43 bits per heavy atom. The molecule has 1 aromatic rings. The topological polar surface area (TPSA) is 58.6 Å². The highest BCUT2D eigenvalue weighted by Gasteiger charge is 2.31. The van der Waals surface area contributed by atoms with Gasteiger partial charge in [-0.05, 0) is 25.3 Å². The van der Waals surface area contributed by atoms with Gasteiger partial charge in [0.2, 0.25) is 0 Å². The van der Waals surface area contributed by atoms with Gasteiger partial charge in [-0.2, -0.15) is 0 Å². The molecule has 0 saturated heterocycles. The lowest BCUT2D eigenvalue weighted by Gasteiger charge is -2.15. The summed E-state index contributed by atoms with van der Waals surface area (Å²) < 4.78 is 5.85. The summed E-state index contributed by atoms with van der Waals surface area (Å²) in [6.07, 6.45) is 1.76. The molecule has 1 amide bonds. The standard InChI is InChI=1S/C17H25NO3/c1-4-13(8-9-19)10-18-17(20)15-7-5-6-14-11(2)12(3)21-16(14)15/h5-7,11-13,19H,4,8-10H2,1-3H3,(H,18,20). The Labute approximate surface area is 126 Å². The van der Waals surface area contributed by atoms with E-state index in [4.69, 9.17) is 9.84 Å². The zero-order chi connectivity index (χ0) is 15.4. The third kappa shape index (κ3) is 3.38. The van der Waals surface area contributed by atoms with E-state index >= 15 is 0 Å². The van der Waals surface area contributed by atoms with E-state index < -0.39 is 0 Å². The average Bonchev–Trinajstić information content (AvgIpc) is 2.78. The lowest BCUT2D eigenvalue weighted by Crippen LogP contribution is -2.29. The molecule has 1 aromatic carbocycles. The Morgan fingerprint density at radius 2 is 2.19 bits per heavy atom. The summed E-state index contributed by atoms with van der Waals surface area (Å²) in [6, 6.07) is 5.75. The largest absolute Gasteiger partial charge is 0.489 e. The molecule has 1 aliphatic heterocycles. The van der Waals surface area contributed by atoms with E-state index in [0.717, 1.165) is 17.7 Å². The van der Waals surface area contributed by atoms with Crippen LogP contribution in [-0.2, 0) is 0 Å². The summed E-state index contributed by atoms with van der Waals surface area (Å²) in [7, 11) is 0. The van der Waals surface area contributed by atoms with Crippen LogP contribution in [0.15, 0.2) is 18.2 Å². The van der Waals surface area contributed by atoms with E-state index in [9.17, 15) is 4.79 Å². The normalized spacial score (nSPS) is 21.5. The van der Waals surface area contributed by atoms with Gasteiger partial charge < -0.3 is 15.2 Å². The van der Waals surface area contributed by atoms with Gasteiger partial charge in [-0.3, -0.25) is 4.79 Å². The van der Waals surface area contributed by atoms with Crippen molar-refractivity contribution in [3.05, 3.63) is 29.3 Å². The van der Waals surface area contributed by atoms with Crippen molar-refractivity contribution in [1.82, 2.24) is 5.32 Å². The molecule has 0 fully saturated rings. The molecule has 1 aliphatic rings. The minimum absolute atomic E-state index is 0.0930. The molecule has 1 heterocycles. The second-order valence-corrected chi connectivity index (χ2v) is 5.83. The number of para-hydroxylation sites is 1. The number of amides is 1. The lowest BCUT2D eigenvalue weighted by atomic mass is 9.96. The van der Waals surface area contributed by atoms with Crippen LogP contribution in [0.3, 0.4) is 0 Å². The van der Waals surface area contributed by atoms with Gasteiger partial charge in [-0.15, -0.1) is 0 Å². The van der Waals surface area contributed by atoms with Crippen LogP contribution in [0.1, 0.15) is 55.5 Å². The second kappa shape index (κ2) is 6.94. The van der Waals surface area contributed by atoms with Gasteiger partial charge in [0.05, 0.1) is 5.56 Å². The monoisotopic (exact) mass is 291 g/mol. The van der Waals surface area contributed by atoms with Gasteiger partial charge in [0.15, 0.2) is 0 Å². The van der Waals surface area contributed by atoms with Crippen LogP contribution in [0.5, 0.6) is 5.75 Å². The van der Waals surface area contributed by atoms with E-state index in [-0.39, 0.29) is 18.6 Å². The number of aliphatic hydroxyl groups excluding tert-OH is 1. The summed E-state index contributed by atoms with van der Waals surface area (Å²) in [5.74, 6) is 1.26. The number of rotatable bonds is 6. The van der Waals surface area contributed by atoms with Crippen molar-refractivity contribution >= 4 is 5.91 Å². The van der Waals surface area contributed by atoms with E-state index in [1.165, 1.54) is 0 Å². The Kier molecular flexibility index (Phi) is 5.23. The molecular formula is C17H25NO3. The van der Waals surface area contributed by atoms with Crippen LogP contribution in [0.4, 0.5) is 0 Å². The van der Waals surface area contributed by atoms with Gasteiger partial charge in [0.1, 0.15) is 11.9 Å². The average molecular weight is 291 g/mol. The quantitative estimate of drug-likeness (QED) is 0.847. The zero-order valence-electron chi connectivity index (χ0n) is 13.1. The fourth-order valence-corrected chi connectivity index (χ4v) is 2.73. The van der Waals surface area contributed by atoms with Crippen molar-refractivity contribution in [3.63, 3.8) is 0 Å². The number of hydrogen-bond acceptors (Lipinski definition) is 3. The van der Waals surface area contributed by atoms with Crippen molar-refractivity contribution in [2.24, 2.45) is 5.92 Å². The van der Waals surface area contributed by atoms with Gasteiger partial charge in [0, 0.05) is 24.6 Å². The molecule has 21 heavy (non-hydrogen) atoms. The third-order valence-electron chi connectivity index (χ3n) is 4.45. The first-order valence-electron chi connectivity index (χ1n) is 7.77. The van der Waals surface area contributed by atoms with Crippen LogP contribution in [-0.4, -0.2) is 30.3 Å². The van der Waals surface area contributed by atoms with E-state index in [2.05, 4.69) is 19.2 Å². The maximum Gasteiger partial charge on any atom is 0.255 e. The number of nitrogens with one attached hydrogen (secondary N) is 1. The maximum absolute atomic E-state index is 12.4. The molecule has 116 valence electrons. The predicted molar refractivity (Wildman–Crippen MR) is 82.8 cm³/mol. The fourth-order valence-electron chi connectivity index (χ4n) is 2.73. The van der Waals surface area contributed by atoms with Gasteiger partial charge in [-0.25, -0.2) is 0 Å². The first kappa shape index (κ1) is 15.8. The summed E-state index contributed by atoms with van der Waals surface area (Å²) in [6.45, 7) is 6.96. The molecule has 0 aliphatic carbocycles. The first-order chi connectivity index (χ1) is 10.1. The minimum atomic E-state index is -0.0930. The summed E-state index contributed by atoms with van der Waals surface area (Å²) in [4.78, 5) is 12.4. The molecule has 2 N–H and O–H groups in total. The van der Waals surface area contributed by atoms with E-state index in [1.54, 1.807) is 0 Å². The molecule has 3 atom stereocenters. The molecule has 2 rings (SSSR count). The number of hydrogen-bond donors (Lipinski definition) is 2. The van der Waals surface area contributed by atoms with Crippen molar-refractivity contribution < 1.29 is 14.6 Å². The Bertz CT molecular complexity index is 501. The number of carbonyl (C=O) groups excluding carboxylic acids is 1. The molecule has 0 saturated carbocycles. The smallest absolute Gasteiger partial charge is 0.255 e. The Hall–Kier alpha value is -1.55. The summed E-state index contributed by atoms with van der Waals surface area (Å²) in [5.41, 5.74) is 1.72. The van der Waals surface area contributed by atoms with Gasteiger partial charge in [0.25, 0.3) is 5.91 Å². The molecule has 0 spiro atoms. The third-order valence-corrected chi connectivity index (χ3v) is 4.45. The predicted octanol–water partition coefficient (Wildman–Crippen LogP) is 2.71. The molecule has 0 aromatic heterocycles. The number of fused-ring (bicyclic) bond motifs is 1. The zero-order valence-corrected chi connectivity index (χ0v) is 13.1. The molecule has 0 bridgehead atoms. The molecule has 0 radical (unpaired) electrons. The second-order valence-electron chi connectivity index (χ2n) is 5.83. The maximum atomic E-state index is 12.4. The SMILES string of the molecule is CCC(CCO)CNC(=O)c1cccc2c1OC(C)C2C. The molecule has 4 heteroatoms. The van der Waals surface area contributed by atoms with E-state index in [1.807, 2.05) is 25.1 Å². The number of carbonyl (C=O) groups is 1.